The van der Waals surface area contributed by atoms with Crippen LogP contribution in [0.25, 0.3) is 0 Å². The molecule has 0 bridgehead atoms. The Morgan fingerprint density at radius 3 is 1.61 bits per heavy atom. The zero-order valence-electron chi connectivity index (χ0n) is 33.9. The van der Waals surface area contributed by atoms with Gasteiger partial charge in [-0.15, -0.1) is 0 Å². The van der Waals surface area contributed by atoms with Crippen molar-refractivity contribution < 1.29 is 54.6 Å². The Kier molecular flexibility index (Phi) is 14.6. The van der Waals surface area contributed by atoms with Crippen LogP contribution in [0, 0.1) is 6.92 Å². The van der Waals surface area contributed by atoms with Crippen molar-refractivity contribution in [1.29, 1.82) is 0 Å². The summed E-state index contributed by atoms with van der Waals surface area (Å²) in [6.45, 7) is 2.65. The number of ether oxygens (including phenoxy) is 5. The molecule has 9 nitrogen and oxygen atoms in total. The maximum Gasteiger partial charge on any atom is 0.534 e. The number of halogens is 3. The highest BCUT2D eigenvalue weighted by atomic mass is 32.2. The topological polar surface area (TPSA) is 110 Å². The molecule has 62 heavy (non-hydrogen) atoms. The highest BCUT2D eigenvalue weighted by Gasteiger charge is 2.57. The van der Waals surface area contributed by atoms with Gasteiger partial charge in [-0.3, -0.25) is 0 Å². The van der Waals surface area contributed by atoms with Crippen molar-refractivity contribution in [2.75, 3.05) is 6.61 Å². The van der Waals surface area contributed by atoms with Crippen molar-refractivity contribution in [2.45, 2.75) is 75.5 Å². The van der Waals surface area contributed by atoms with Crippen molar-refractivity contribution >= 4 is 10.1 Å². The minimum Gasteiger partial charge on any atom is -0.376 e. The average molecular weight is 869 g/mol. The first-order valence-electron chi connectivity index (χ1n) is 20.1. The van der Waals surface area contributed by atoms with Gasteiger partial charge in [0.25, 0.3) is 0 Å². The normalized spacial score (nSPS) is 20.5. The van der Waals surface area contributed by atoms with E-state index in [1.807, 2.05) is 134 Å². The van der Waals surface area contributed by atoms with Gasteiger partial charge >= 0.3 is 15.6 Å². The Hall–Kier alpha value is -5.38. The monoisotopic (exact) mass is 868 g/mol. The second-order valence-electron chi connectivity index (χ2n) is 15.0. The van der Waals surface area contributed by atoms with Gasteiger partial charge in [-0.25, -0.2) is 0 Å². The summed E-state index contributed by atoms with van der Waals surface area (Å²) in [5.41, 5.74) is 0.644. The van der Waals surface area contributed by atoms with Crippen molar-refractivity contribution in [2.24, 2.45) is 0 Å². The standard InChI is InChI=1S/C49H47F3O9S/c1-35-22-25-42(29-41(35)28-36-23-26-43(27-24-36)61-62(54,55)49(50,51)52)48(53)47(59-33-40-20-12-5-13-21-40)46(58-32-39-18-10-4-11-19-39)45(57-31-38-16-8-3-9-17-38)44(60-48)34-56-30-37-14-6-2-7-15-37/h2-27,29,44-47,53H,28,30-34H2,1H3/t44-,45-,46+,47-,48?/m1/s1. The first-order chi connectivity index (χ1) is 29.9. The van der Waals surface area contributed by atoms with Gasteiger partial charge in [-0.1, -0.05) is 146 Å². The Labute approximate surface area is 359 Å². The number of benzene rings is 6. The summed E-state index contributed by atoms with van der Waals surface area (Å²) in [6, 6.07) is 49.3. The van der Waals surface area contributed by atoms with E-state index in [0.717, 1.165) is 45.5 Å². The molecule has 6 aromatic carbocycles. The quantitative estimate of drug-likeness (QED) is 0.0668. The number of hydrogen-bond donors (Lipinski definition) is 1. The Morgan fingerprint density at radius 2 is 1.10 bits per heavy atom. The van der Waals surface area contributed by atoms with E-state index in [1.165, 1.54) is 12.1 Å². The molecule has 0 aromatic heterocycles. The maximum atomic E-state index is 13.2. The fourth-order valence-corrected chi connectivity index (χ4v) is 7.69. The number of rotatable bonds is 18. The Balaban J connectivity index is 1.26. The second kappa shape index (κ2) is 20.2. The minimum absolute atomic E-state index is 0.0183. The lowest BCUT2D eigenvalue weighted by Gasteiger charge is -2.50. The van der Waals surface area contributed by atoms with Crippen LogP contribution in [0.5, 0.6) is 5.75 Å². The fraction of sp³-hybridized carbons (Fsp3) is 0.265. The zero-order valence-corrected chi connectivity index (χ0v) is 34.7. The first-order valence-corrected chi connectivity index (χ1v) is 21.5. The summed E-state index contributed by atoms with van der Waals surface area (Å²) in [5, 5.41) is 13.2. The molecule has 1 aliphatic rings. The van der Waals surface area contributed by atoms with Crippen LogP contribution in [-0.4, -0.2) is 50.1 Å². The van der Waals surface area contributed by atoms with Crippen molar-refractivity contribution in [3.05, 3.63) is 208 Å². The van der Waals surface area contributed by atoms with Crippen molar-refractivity contribution in [3.8, 4) is 5.75 Å². The van der Waals surface area contributed by atoms with Crippen molar-refractivity contribution in [1.82, 2.24) is 0 Å². The summed E-state index contributed by atoms with van der Waals surface area (Å²) in [5.74, 6) is -2.62. The SMILES string of the molecule is Cc1ccc(C2(O)O[C@H](COCc3ccccc3)[C@@H](OCc3ccccc3)[C@H](OCc3ccccc3)[C@H]2OCc2ccccc2)cc1Cc1ccc(OS(=O)(=O)C(F)(F)F)cc1. The average Bonchev–Trinajstić information content (AvgIpc) is 3.27. The van der Waals surface area contributed by atoms with E-state index >= 15 is 0 Å². The molecule has 1 N–H and O–H groups in total. The molecule has 0 radical (unpaired) electrons. The van der Waals surface area contributed by atoms with E-state index in [2.05, 4.69) is 4.18 Å². The van der Waals surface area contributed by atoms with Crippen LogP contribution in [0.1, 0.15) is 44.5 Å². The molecule has 1 saturated heterocycles. The third-order valence-electron chi connectivity index (χ3n) is 10.5. The van der Waals surface area contributed by atoms with Gasteiger partial charge in [0.15, 0.2) is 0 Å². The lowest BCUT2D eigenvalue weighted by molar-refractivity contribution is -0.378. The smallest absolute Gasteiger partial charge is 0.376 e. The zero-order chi connectivity index (χ0) is 43.6. The minimum atomic E-state index is -5.84. The fourth-order valence-electron chi connectivity index (χ4n) is 7.23. The molecule has 324 valence electrons. The predicted octanol–water partition coefficient (Wildman–Crippen LogP) is 9.33. The molecule has 0 spiro atoms. The molecule has 7 rings (SSSR count). The Bertz CT molecular complexity index is 2420. The summed E-state index contributed by atoms with van der Waals surface area (Å²) in [6.07, 6.45) is -3.51. The van der Waals surface area contributed by atoms with E-state index in [4.69, 9.17) is 23.7 Å². The third-order valence-corrected chi connectivity index (χ3v) is 11.5. The van der Waals surface area contributed by atoms with Gasteiger partial charge in [-0.05, 0) is 70.5 Å². The molecule has 0 aliphatic carbocycles. The molecule has 1 aliphatic heterocycles. The van der Waals surface area contributed by atoms with Crippen LogP contribution in [0.2, 0.25) is 0 Å². The lowest BCUT2D eigenvalue weighted by Crippen LogP contribution is -2.65. The van der Waals surface area contributed by atoms with E-state index in [-0.39, 0.29) is 39.5 Å². The Morgan fingerprint density at radius 1 is 0.613 bits per heavy atom. The molecule has 1 unspecified atom stereocenters. The van der Waals surface area contributed by atoms with Gasteiger partial charge < -0.3 is 33.0 Å². The van der Waals surface area contributed by atoms with Crippen LogP contribution in [0.4, 0.5) is 13.2 Å². The molecule has 5 atom stereocenters. The molecule has 6 aromatic rings. The lowest BCUT2D eigenvalue weighted by atomic mass is 9.85. The summed E-state index contributed by atoms with van der Waals surface area (Å²) >= 11 is 0. The van der Waals surface area contributed by atoms with Crippen LogP contribution in [0.3, 0.4) is 0 Å². The van der Waals surface area contributed by atoms with Crippen LogP contribution >= 0.6 is 0 Å². The van der Waals surface area contributed by atoms with Gasteiger partial charge in [0.2, 0.25) is 5.79 Å². The highest BCUT2D eigenvalue weighted by Crippen LogP contribution is 2.42. The van der Waals surface area contributed by atoms with Crippen LogP contribution < -0.4 is 4.18 Å². The van der Waals surface area contributed by atoms with Gasteiger partial charge in [0.1, 0.15) is 30.2 Å². The molecular formula is C49H47F3O9S. The maximum absolute atomic E-state index is 13.2. The van der Waals surface area contributed by atoms with Crippen molar-refractivity contribution in [3.63, 3.8) is 0 Å². The molecule has 0 saturated carbocycles. The number of aryl methyl sites for hydroxylation is 1. The van der Waals surface area contributed by atoms with Gasteiger partial charge in [0, 0.05) is 5.56 Å². The van der Waals surface area contributed by atoms with Crippen LogP contribution in [-0.2, 0) is 72.4 Å². The second-order valence-corrected chi connectivity index (χ2v) is 16.6. The van der Waals surface area contributed by atoms with E-state index in [0.29, 0.717) is 11.1 Å². The van der Waals surface area contributed by atoms with Crippen LogP contribution in [0.15, 0.2) is 164 Å². The predicted molar refractivity (Wildman–Crippen MR) is 226 cm³/mol. The number of aliphatic hydroxyl groups is 1. The molecule has 13 heteroatoms. The largest absolute Gasteiger partial charge is 0.534 e. The number of alkyl halides is 3. The molecule has 1 fully saturated rings. The van der Waals surface area contributed by atoms with E-state index < -0.39 is 51.6 Å². The molecular weight excluding hydrogens is 822 g/mol. The summed E-state index contributed by atoms with van der Waals surface area (Å²) in [4.78, 5) is 0. The summed E-state index contributed by atoms with van der Waals surface area (Å²) in [7, 11) is -5.84. The van der Waals surface area contributed by atoms with E-state index in [9.17, 15) is 26.7 Å². The van der Waals surface area contributed by atoms with Gasteiger partial charge in [0.05, 0.1) is 33.0 Å². The molecule has 0 amide bonds. The first kappa shape index (κ1) is 44.7. The third kappa shape index (κ3) is 11.4. The molecule has 1 heterocycles. The van der Waals surface area contributed by atoms with E-state index in [1.54, 1.807) is 12.1 Å². The van der Waals surface area contributed by atoms with Gasteiger partial charge in [-0.2, -0.15) is 21.6 Å². The number of hydrogen-bond acceptors (Lipinski definition) is 9. The summed E-state index contributed by atoms with van der Waals surface area (Å²) < 4.78 is 99.9. The highest BCUT2D eigenvalue weighted by molar-refractivity contribution is 7.88.